The SMILES string of the molecule is Cc1cc(C)cc(OCCn2c(CCCCCNC(=O)COc3ccccc3)nc3ccccc32)c1. The molecule has 0 aliphatic carbocycles. The Bertz CT molecular complexity index is 1250. The minimum absolute atomic E-state index is 0.0399. The summed E-state index contributed by atoms with van der Waals surface area (Å²) in [6, 6.07) is 24.0. The second-order valence-corrected chi connectivity index (χ2v) is 9.10. The highest BCUT2D eigenvalue weighted by atomic mass is 16.5. The van der Waals surface area contributed by atoms with Crippen LogP contribution >= 0.6 is 0 Å². The van der Waals surface area contributed by atoms with Crippen molar-refractivity contribution in [1.29, 1.82) is 0 Å². The largest absolute Gasteiger partial charge is 0.492 e. The van der Waals surface area contributed by atoms with E-state index in [1.54, 1.807) is 0 Å². The molecule has 0 aliphatic heterocycles. The standard InChI is InChI=1S/C30H35N3O3/c1-23-19-24(2)21-26(20-23)35-18-17-33-28-14-9-8-13-27(28)32-29(33)15-7-4-10-16-31-30(34)22-36-25-11-5-3-6-12-25/h3,5-6,8-9,11-14,19-21H,4,7,10,15-18,22H2,1-2H3,(H,31,34). The van der Waals surface area contributed by atoms with E-state index in [-0.39, 0.29) is 12.5 Å². The maximum Gasteiger partial charge on any atom is 0.257 e. The third-order valence-electron chi connectivity index (χ3n) is 6.02. The number of rotatable bonds is 13. The lowest BCUT2D eigenvalue weighted by Gasteiger charge is -2.12. The lowest BCUT2D eigenvalue weighted by atomic mass is 10.1. The molecule has 1 N–H and O–H groups in total. The van der Waals surface area contributed by atoms with Crippen LogP contribution in [0.1, 0.15) is 36.2 Å². The maximum absolute atomic E-state index is 12.0. The molecule has 0 unspecified atom stereocenters. The Balaban J connectivity index is 1.22. The van der Waals surface area contributed by atoms with Gasteiger partial charge in [-0.2, -0.15) is 0 Å². The molecule has 6 nitrogen and oxygen atoms in total. The number of carbonyl (C=O) groups excluding carboxylic acids is 1. The van der Waals surface area contributed by atoms with E-state index in [2.05, 4.69) is 60.1 Å². The Morgan fingerprint density at radius 1 is 0.861 bits per heavy atom. The van der Waals surface area contributed by atoms with Gasteiger partial charge in [0.2, 0.25) is 0 Å². The summed E-state index contributed by atoms with van der Waals surface area (Å²) in [6.07, 6.45) is 3.84. The maximum atomic E-state index is 12.0. The molecule has 36 heavy (non-hydrogen) atoms. The number of imidazole rings is 1. The van der Waals surface area contributed by atoms with Gasteiger partial charge in [-0.1, -0.05) is 42.8 Å². The number of nitrogens with one attached hydrogen (secondary N) is 1. The number of aryl methyl sites for hydroxylation is 3. The van der Waals surface area contributed by atoms with E-state index in [0.717, 1.165) is 54.8 Å². The monoisotopic (exact) mass is 485 g/mol. The highest BCUT2D eigenvalue weighted by Gasteiger charge is 2.11. The van der Waals surface area contributed by atoms with Crippen molar-refractivity contribution in [2.75, 3.05) is 19.8 Å². The van der Waals surface area contributed by atoms with Crippen LogP contribution in [0.25, 0.3) is 11.0 Å². The lowest BCUT2D eigenvalue weighted by molar-refractivity contribution is -0.123. The quantitative estimate of drug-likeness (QED) is 0.249. The number of ether oxygens (including phenoxy) is 2. The predicted molar refractivity (Wildman–Crippen MR) is 144 cm³/mol. The molecule has 188 valence electrons. The van der Waals surface area contributed by atoms with Crippen molar-refractivity contribution in [3.05, 3.63) is 89.7 Å². The van der Waals surface area contributed by atoms with Crippen molar-refractivity contribution in [2.24, 2.45) is 0 Å². The van der Waals surface area contributed by atoms with Gasteiger partial charge in [-0.15, -0.1) is 0 Å². The van der Waals surface area contributed by atoms with E-state index in [4.69, 9.17) is 14.5 Å². The van der Waals surface area contributed by atoms with Crippen LogP contribution in [0, 0.1) is 13.8 Å². The summed E-state index contributed by atoms with van der Waals surface area (Å²) < 4.78 is 13.8. The van der Waals surface area contributed by atoms with Crippen LogP contribution < -0.4 is 14.8 Å². The van der Waals surface area contributed by atoms with E-state index >= 15 is 0 Å². The molecule has 3 aromatic carbocycles. The molecule has 1 aromatic heterocycles. The molecule has 0 saturated heterocycles. The Kier molecular flexibility index (Phi) is 8.98. The van der Waals surface area contributed by atoms with Crippen LogP contribution in [0.15, 0.2) is 72.8 Å². The molecule has 0 fully saturated rings. The summed E-state index contributed by atoms with van der Waals surface area (Å²) in [5, 5.41) is 2.93. The molecule has 0 aliphatic rings. The van der Waals surface area contributed by atoms with Crippen molar-refractivity contribution in [3.63, 3.8) is 0 Å². The number of nitrogens with zero attached hydrogens (tertiary/aromatic N) is 2. The van der Waals surface area contributed by atoms with Gasteiger partial charge >= 0.3 is 0 Å². The Morgan fingerprint density at radius 3 is 2.42 bits per heavy atom. The summed E-state index contributed by atoms with van der Waals surface area (Å²) in [6.45, 7) is 6.21. The molecule has 0 spiro atoms. The summed E-state index contributed by atoms with van der Waals surface area (Å²) >= 11 is 0. The smallest absolute Gasteiger partial charge is 0.257 e. The molecule has 0 saturated carbocycles. The third-order valence-corrected chi connectivity index (χ3v) is 6.02. The van der Waals surface area contributed by atoms with Crippen LogP contribution in [0.5, 0.6) is 11.5 Å². The van der Waals surface area contributed by atoms with Crippen molar-refractivity contribution < 1.29 is 14.3 Å². The number of amides is 1. The zero-order chi connectivity index (χ0) is 25.2. The van der Waals surface area contributed by atoms with Gasteiger partial charge in [0.05, 0.1) is 17.6 Å². The number of unbranched alkanes of at least 4 members (excludes halogenated alkanes) is 2. The molecule has 4 rings (SSSR count). The van der Waals surface area contributed by atoms with Gasteiger partial charge in [-0.05, 0) is 74.2 Å². The number of benzene rings is 3. The third kappa shape index (κ3) is 7.35. The molecule has 0 bridgehead atoms. The topological polar surface area (TPSA) is 65.4 Å². The molecular formula is C30H35N3O3. The summed E-state index contributed by atoms with van der Waals surface area (Å²) in [5.74, 6) is 2.61. The minimum atomic E-state index is -0.0931. The molecule has 1 amide bonds. The first kappa shape index (κ1) is 25.3. The summed E-state index contributed by atoms with van der Waals surface area (Å²) in [7, 11) is 0. The minimum Gasteiger partial charge on any atom is -0.492 e. The van der Waals surface area contributed by atoms with Crippen LogP contribution in [-0.4, -0.2) is 35.2 Å². The highest BCUT2D eigenvalue weighted by molar-refractivity contribution is 5.77. The number of carbonyl (C=O) groups is 1. The first-order chi connectivity index (χ1) is 17.6. The predicted octanol–water partition coefficient (Wildman–Crippen LogP) is 5.64. The van der Waals surface area contributed by atoms with Gasteiger partial charge in [0.15, 0.2) is 6.61 Å². The van der Waals surface area contributed by atoms with Gasteiger partial charge < -0.3 is 19.4 Å². The summed E-state index contributed by atoms with van der Waals surface area (Å²) in [5.41, 5.74) is 4.57. The van der Waals surface area contributed by atoms with Gasteiger partial charge in [0, 0.05) is 13.0 Å². The lowest BCUT2D eigenvalue weighted by Crippen LogP contribution is -2.29. The van der Waals surface area contributed by atoms with Crippen LogP contribution in [0.4, 0.5) is 0 Å². The normalized spacial score (nSPS) is 10.9. The fourth-order valence-electron chi connectivity index (χ4n) is 4.37. The average Bonchev–Trinajstić information content (AvgIpc) is 3.22. The fraction of sp³-hybridized carbons (Fsp3) is 0.333. The molecule has 0 radical (unpaired) electrons. The second-order valence-electron chi connectivity index (χ2n) is 9.10. The Labute approximate surface area is 213 Å². The fourth-order valence-corrected chi connectivity index (χ4v) is 4.37. The van der Waals surface area contributed by atoms with Gasteiger partial charge in [-0.25, -0.2) is 4.98 Å². The van der Waals surface area contributed by atoms with Gasteiger partial charge in [-0.3, -0.25) is 4.79 Å². The van der Waals surface area contributed by atoms with E-state index in [0.29, 0.717) is 18.9 Å². The molecule has 4 aromatic rings. The van der Waals surface area contributed by atoms with Crippen LogP contribution in [-0.2, 0) is 17.8 Å². The number of hydrogen-bond acceptors (Lipinski definition) is 4. The average molecular weight is 486 g/mol. The Morgan fingerprint density at radius 2 is 1.61 bits per heavy atom. The highest BCUT2D eigenvalue weighted by Crippen LogP contribution is 2.20. The van der Waals surface area contributed by atoms with E-state index in [1.165, 1.54) is 11.1 Å². The van der Waals surface area contributed by atoms with Gasteiger partial charge in [0.25, 0.3) is 5.91 Å². The number of para-hydroxylation sites is 3. The zero-order valence-corrected chi connectivity index (χ0v) is 21.2. The molecule has 6 heteroatoms. The van der Waals surface area contributed by atoms with E-state index in [1.807, 2.05) is 36.4 Å². The van der Waals surface area contributed by atoms with Crippen molar-refractivity contribution in [3.8, 4) is 11.5 Å². The molecule has 0 atom stereocenters. The van der Waals surface area contributed by atoms with Crippen LogP contribution in [0.3, 0.4) is 0 Å². The van der Waals surface area contributed by atoms with Crippen molar-refractivity contribution in [2.45, 2.75) is 46.1 Å². The Hall–Kier alpha value is -3.80. The molecular weight excluding hydrogens is 450 g/mol. The van der Waals surface area contributed by atoms with E-state index < -0.39 is 0 Å². The number of hydrogen-bond donors (Lipinski definition) is 1. The number of fused-ring (bicyclic) bond motifs is 1. The van der Waals surface area contributed by atoms with Crippen molar-refractivity contribution in [1.82, 2.24) is 14.9 Å². The first-order valence-corrected chi connectivity index (χ1v) is 12.7. The first-order valence-electron chi connectivity index (χ1n) is 12.7. The van der Waals surface area contributed by atoms with E-state index in [9.17, 15) is 4.79 Å². The zero-order valence-electron chi connectivity index (χ0n) is 21.2. The molecule has 1 heterocycles. The van der Waals surface area contributed by atoms with Crippen LogP contribution in [0.2, 0.25) is 0 Å². The second kappa shape index (κ2) is 12.8. The number of aromatic nitrogens is 2. The van der Waals surface area contributed by atoms with Gasteiger partial charge in [0.1, 0.15) is 23.9 Å². The summed E-state index contributed by atoms with van der Waals surface area (Å²) in [4.78, 5) is 16.9. The van der Waals surface area contributed by atoms with Crippen molar-refractivity contribution >= 4 is 16.9 Å².